The molecule has 1 saturated carbocycles. The molecule has 0 aromatic heterocycles. The average Bonchev–Trinajstić information content (AvgIpc) is 3.08. The van der Waals surface area contributed by atoms with E-state index in [1.54, 1.807) is 0 Å². The molecule has 1 aliphatic carbocycles. The first-order valence-corrected chi connectivity index (χ1v) is 12.3. The Bertz CT molecular complexity index is 941. The largest absolute Gasteiger partial charge is 0.350 e. The van der Waals surface area contributed by atoms with Crippen LogP contribution in [0.25, 0.3) is 0 Å². The summed E-state index contributed by atoms with van der Waals surface area (Å²) in [5.41, 5.74) is 3.31. The molecule has 4 nitrogen and oxygen atoms in total. The van der Waals surface area contributed by atoms with E-state index in [1.807, 2.05) is 18.2 Å². The Labute approximate surface area is 192 Å². The summed E-state index contributed by atoms with van der Waals surface area (Å²) in [7, 11) is 0. The first-order chi connectivity index (χ1) is 15.5. The van der Waals surface area contributed by atoms with E-state index in [-0.39, 0.29) is 11.8 Å². The van der Waals surface area contributed by atoms with Crippen molar-refractivity contribution >= 4 is 5.91 Å². The summed E-state index contributed by atoms with van der Waals surface area (Å²) in [4.78, 5) is 16.6. The van der Waals surface area contributed by atoms with Crippen LogP contribution < -0.4 is 10.6 Å². The van der Waals surface area contributed by atoms with Crippen LogP contribution in [-0.4, -0.2) is 42.0 Å². The van der Waals surface area contributed by atoms with Gasteiger partial charge in [-0.3, -0.25) is 9.69 Å². The Morgan fingerprint density at radius 1 is 1.12 bits per heavy atom. The van der Waals surface area contributed by atoms with Gasteiger partial charge in [0.05, 0.1) is 0 Å². The number of nitrogens with zero attached hydrogens (tertiary/aromatic N) is 1. The third-order valence-electron chi connectivity index (χ3n) is 8.09. The van der Waals surface area contributed by atoms with Gasteiger partial charge in [0.1, 0.15) is 5.54 Å². The number of nitrogens with one attached hydrogen (secondary N) is 2. The molecule has 5 atom stereocenters. The molecule has 2 aromatic rings. The van der Waals surface area contributed by atoms with Crippen molar-refractivity contribution in [2.24, 2.45) is 23.7 Å². The second kappa shape index (κ2) is 8.64. The normalized spacial score (nSPS) is 31.2. The summed E-state index contributed by atoms with van der Waals surface area (Å²) in [5, 5.41) is 7.10. The highest BCUT2D eigenvalue weighted by molar-refractivity contribution is 5.87. The van der Waals surface area contributed by atoms with Gasteiger partial charge in [0.2, 0.25) is 5.91 Å². The maximum atomic E-state index is 13.9. The first kappa shape index (κ1) is 21.7. The Hall–Kier alpha value is -2.17. The molecule has 2 N–H and O–H groups in total. The monoisotopic (exact) mass is 431 g/mol. The first-order valence-electron chi connectivity index (χ1n) is 12.3. The quantitative estimate of drug-likeness (QED) is 0.701. The predicted octanol–water partition coefficient (Wildman–Crippen LogP) is 3.79. The highest BCUT2D eigenvalue weighted by Gasteiger charge is 2.64. The van der Waals surface area contributed by atoms with Gasteiger partial charge in [-0.1, -0.05) is 74.0 Å². The van der Waals surface area contributed by atoms with Crippen molar-refractivity contribution in [3.8, 4) is 0 Å². The van der Waals surface area contributed by atoms with Crippen molar-refractivity contribution in [1.82, 2.24) is 15.5 Å². The van der Waals surface area contributed by atoms with E-state index in [0.29, 0.717) is 30.3 Å². The standard InChI is InChI=1S/C28H37N3O/c1-19(2)17-31-18-23-14-28(27(32)29-15-22-7-5-4-6-8-22)25(26(31)24(23)16-30-28)13-21-11-9-20(3)10-12-21/h4-12,19,23-26,30H,13-18H2,1-3H3,(H,29,32)/t23-,24-,25+,26-,28+/m1/s1. The molecule has 3 saturated heterocycles. The highest BCUT2D eigenvalue weighted by Crippen LogP contribution is 2.53. The van der Waals surface area contributed by atoms with Crippen LogP contribution in [0.5, 0.6) is 0 Å². The summed E-state index contributed by atoms with van der Waals surface area (Å²) in [5.74, 6) is 2.41. The average molecular weight is 432 g/mol. The lowest BCUT2D eigenvalue weighted by Gasteiger charge is -2.56. The Kier molecular flexibility index (Phi) is 5.85. The zero-order valence-electron chi connectivity index (χ0n) is 19.7. The maximum absolute atomic E-state index is 13.9. The molecule has 0 radical (unpaired) electrons. The molecule has 4 fully saturated rings. The number of benzene rings is 2. The van der Waals surface area contributed by atoms with Crippen molar-refractivity contribution < 1.29 is 4.79 Å². The minimum absolute atomic E-state index is 0.193. The lowest BCUT2D eigenvalue weighted by molar-refractivity contribution is -0.138. The fourth-order valence-corrected chi connectivity index (χ4v) is 6.74. The Balaban J connectivity index is 1.44. The van der Waals surface area contributed by atoms with Crippen LogP contribution in [0.2, 0.25) is 0 Å². The number of likely N-dealkylation sites (tertiary alicyclic amines) is 1. The fraction of sp³-hybridized carbons (Fsp3) is 0.536. The topological polar surface area (TPSA) is 44.4 Å². The third-order valence-corrected chi connectivity index (χ3v) is 8.09. The number of hydrogen-bond donors (Lipinski definition) is 2. The second-order valence-electron chi connectivity index (χ2n) is 10.8. The molecule has 0 unspecified atom stereocenters. The number of amides is 1. The van der Waals surface area contributed by atoms with Crippen molar-refractivity contribution in [1.29, 1.82) is 0 Å². The molecule has 1 amide bonds. The number of rotatable bonds is 7. The number of carbonyl (C=O) groups is 1. The van der Waals surface area contributed by atoms with Crippen LogP contribution in [-0.2, 0) is 17.8 Å². The van der Waals surface area contributed by atoms with E-state index >= 15 is 0 Å². The van der Waals surface area contributed by atoms with Gasteiger partial charge in [0.15, 0.2) is 0 Å². The van der Waals surface area contributed by atoms with Crippen molar-refractivity contribution in [3.63, 3.8) is 0 Å². The Morgan fingerprint density at radius 3 is 2.59 bits per heavy atom. The van der Waals surface area contributed by atoms with Gasteiger partial charge >= 0.3 is 0 Å². The molecule has 6 rings (SSSR count). The van der Waals surface area contributed by atoms with Gasteiger partial charge in [-0.05, 0) is 48.6 Å². The lowest BCUT2D eigenvalue weighted by atomic mass is 9.58. The van der Waals surface area contributed by atoms with Gasteiger partial charge < -0.3 is 10.6 Å². The minimum Gasteiger partial charge on any atom is -0.350 e. The summed E-state index contributed by atoms with van der Waals surface area (Å²) < 4.78 is 0. The molecule has 4 bridgehead atoms. The Morgan fingerprint density at radius 2 is 1.88 bits per heavy atom. The molecule has 4 aliphatic rings. The van der Waals surface area contributed by atoms with Gasteiger partial charge in [0.25, 0.3) is 0 Å². The van der Waals surface area contributed by atoms with E-state index in [0.717, 1.165) is 38.0 Å². The molecule has 4 heteroatoms. The SMILES string of the molecule is Cc1ccc(C[C@H]2[C@H]3[C@@H]4CN[C@@]2(C(=O)NCc2ccccc2)C[C@@H]4CN3CC(C)C)cc1. The van der Waals surface area contributed by atoms with Crippen LogP contribution in [0.1, 0.15) is 37.0 Å². The minimum atomic E-state index is -0.477. The zero-order chi connectivity index (χ0) is 22.3. The van der Waals surface area contributed by atoms with E-state index in [1.165, 1.54) is 11.1 Å². The highest BCUT2D eigenvalue weighted by atomic mass is 16.2. The summed E-state index contributed by atoms with van der Waals surface area (Å²) in [6.45, 7) is 10.6. The summed E-state index contributed by atoms with van der Waals surface area (Å²) in [6, 6.07) is 19.7. The number of aryl methyl sites for hydroxylation is 1. The van der Waals surface area contributed by atoms with Gasteiger partial charge in [-0.2, -0.15) is 0 Å². The van der Waals surface area contributed by atoms with Gasteiger partial charge in [0, 0.05) is 38.1 Å². The lowest BCUT2D eigenvalue weighted by Crippen LogP contribution is -2.74. The fourth-order valence-electron chi connectivity index (χ4n) is 6.74. The molecule has 3 heterocycles. The number of fused-ring (bicyclic) bond motifs is 1. The van der Waals surface area contributed by atoms with Crippen LogP contribution in [0.15, 0.2) is 54.6 Å². The third kappa shape index (κ3) is 3.88. The zero-order valence-corrected chi connectivity index (χ0v) is 19.7. The van der Waals surface area contributed by atoms with E-state index in [4.69, 9.17) is 0 Å². The van der Waals surface area contributed by atoms with Crippen LogP contribution in [0.3, 0.4) is 0 Å². The molecule has 32 heavy (non-hydrogen) atoms. The number of carbonyl (C=O) groups excluding carboxylic acids is 1. The van der Waals surface area contributed by atoms with Crippen molar-refractivity contribution in [3.05, 3.63) is 71.3 Å². The number of piperidine rings is 2. The van der Waals surface area contributed by atoms with E-state index < -0.39 is 5.54 Å². The molecule has 2 aromatic carbocycles. The van der Waals surface area contributed by atoms with Gasteiger partial charge in [-0.25, -0.2) is 0 Å². The maximum Gasteiger partial charge on any atom is 0.240 e. The molecule has 3 aliphatic heterocycles. The molecule has 170 valence electrons. The van der Waals surface area contributed by atoms with Crippen molar-refractivity contribution in [2.45, 2.75) is 51.7 Å². The molecular formula is C28H37N3O. The van der Waals surface area contributed by atoms with Gasteiger partial charge in [-0.15, -0.1) is 0 Å². The van der Waals surface area contributed by atoms with E-state index in [2.05, 4.69) is 72.7 Å². The van der Waals surface area contributed by atoms with E-state index in [9.17, 15) is 4.79 Å². The smallest absolute Gasteiger partial charge is 0.240 e. The molecular weight excluding hydrogens is 394 g/mol. The van der Waals surface area contributed by atoms with Crippen molar-refractivity contribution in [2.75, 3.05) is 19.6 Å². The summed E-state index contributed by atoms with van der Waals surface area (Å²) in [6.07, 6.45) is 1.91. The number of hydrogen-bond acceptors (Lipinski definition) is 3. The second-order valence-corrected chi connectivity index (χ2v) is 10.8. The predicted molar refractivity (Wildman–Crippen MR) is 129 cm³/mol. The van der Waals surface area contributed by atoms with Crippen LogP contribution in [0.4, 0.5) is 0 Å². The molecule has 0 spiro atoms. The van der Waals surface area contributed by atoms with Crippen LogP contribution >= 0.6 is 0 Å². The van der Waals surface area contributed by atoms with Crippen LogP contribution in [0, 0.1) is 30.6 Å². The summed E-state index contributed by atoms with van der Waals surface area (Å²) >= 11 is 0.